The van der Waals surface area contributed by atoms with Crippen LogP contribution >= 0.6 is 0 Å². The summed E-state index contributed by atoms with van der Waals surface area (Å²) < 4.78 is 1.86. The first-order chi connectivity index (χ1) is 10.3. The van der Waals surface area contributed by atoms with Gasteiger partial charge in [-0.2, -0.15) is 5.10 Å². The van der Waals surface area contributed by atoms with Gasteiger partial charge in [-0.3, -0.25) is 9.58 Å². The van der Waals surface area contributed by atoms with Crippen molar-refractivity contribution >= 4 is 0 Å². The first kappa shape index (κ1) is 14.2. The second kappa shape index (κ2) is 6.37. The zero-order valence-electron chi connectivity index (χ0n) is 12.8. The Morgan fingerprint density at radius 2 is 2.10 bits per heavy atom. The SMILES string of the molecule is CCc1ccc(C2CNCCN2Cc2ncnn2C)cc1. The van der Waals surface area contributed by atoms with Crippen LogP contribution in [0.15, 0.2) is 30.6 Å². The molecule has 0 bridgehead atoms. The Labute approximate surface area is 126 Å². The number of piperazine rings is 1. The highest BCUT2D eigenvalue weighted by Gasteiger charge is 2.24. The first-order valence-electron chi connectivity index (χ1n) is 7.64. The van der Waals surface area contributed by atoms with E-state index in [0.29, 0.717) is 6.04 Å². The van der Waals surface area contributed by atoms with Gasteiger partial charge in [-0.15, -0.1) is 0 Å². The molecule has 1 aromatic carbocycles. The second-order valence-corrected chi connectivity index (χ2v) is 5.59. The molecule has 21 heavy (non-hydrogen) atoms. The van der Waals surface area contributed by atoms with Gasteiger partial charge in [-0.05, 0) is 17.5 Å². The third kappa shape index (κ3) is 3.14. The van der Waals surface area contributed by atoms with Crippen LogP contribution in [0.5, 0.6) is 0 Å². The molecule has 2 heterocycles. The van der Waals surface area contributed by atoms with Gasteiger partial charge in [0.2, 0.25) is 0 Å². The van der Waals surface area contributed by atoms with E-state index in [4.69, 9.17) is 0 Å². The topological polar surface area (TPSA) is 46.0 Å². The van der Waals surface area contributed by atoms with Gasteiger partial charge in [0, 0.05) is 32.7 Å². The Balaban J connectivity index is 1.78. The van der Waals surface area contributed by atoms with Gasteiger partial charge in [0.15, 0.2) is 0 Å². The number of nitrogens with zero attached hydrogens (tertiary/aromatic N) is 4. The van der Waals surface area contributed by atoms with Gasteiger partial charge in [0.25, 0.3) is 0 Å². The minimum atomic E-state index is 0.404. The van der Waals surface area contributed by atoms with Gasteiger partial charge < -0.3 is 5.32 Å². The quantitative estimate of drug-likeness (QED) is 0.925. The van der Waals surface area contributed by atoms with Crippen LogP contribution in [-0.4, -0.2) is 39.3 Å². The fourth-order valence-corrected chi connectivity index (χ4v) is 2.88. The van der Waals surface area contributed by atoms with Crippen LogP contribution in [0.3, 0.4) is 0 Å². The van der Waals surface area contributed by atoms with Crippen LogP contribution in [0, 0.1) is 0 Å². The molecule has 1 unspecified atom stereocenters. The molecule has 1 aliphatic heterocycles. The maximum absolute atomic E-state index is 4.36. The molecule has 0 spiro atoms. The minimum Gasteiger partial charge on any atom is -0.314 e. The standard InChI is InChI=1S/C16H23N5/c1-3-13-4-6-14(7-5-13)15-10-17-8-9-21(15)11-16-18-12-19-20(16)2/h4-7,12,15,17H,3,8-11H2,1-2H3. The molecule has 1 aliphatic rings. The molecule has 0 radical (unpaired) electrons. The lowest BCUT2D eigenvalue weighted by Crippen LogP contribution is -2.45. The molecular formula is C16H23N5. The highest BCUT2D eigenvalue weighted by atomic mass is 15.3. The molecule has 5 nitrogen and oxygen atoms in total. The smallest absolute Gasteiger partial charge is 0.140 e. The molecule has 3 rings (SSSR count). The number of hydrogen-bond donors (Lipinski definition) is 1. The Bertz CT molecular complexity index is 575. The van der Waals surface area contributed by atoms with E-state index >= 15 is 0 Å². The van der Waals surface area contributed by atoms with Crippen molar-refractivity contribution in [3.8, 4) is 0 Å². The summed E-state index contributed by atoms with van der Waals surface area (Å²) in [5.41, 5.74) is 2.77. The highest BCUT2D eigenvalue weighted by molar-refractivity contribution is 5.25. The van der Waals surface area contributed by atoms with Gasteiger partial charge in [-0.25, -0.2) is 4.98 Å². The van der Waals surface area contributed by atoms with Crippen LogP contribution in [0.25, 0.3) is 0 Å². The monoisotopic (exact) mass is 285 g/mol. The fraction of sp³-hybridized carbons (Fsp3) is 0.500. The summed E-state index contributed by atoms with van der Waals surface area (Å²) >= 11 is 0. The molecule has 2 aromatic rings. The van der Waals surface area contributed by atoms with Crippen molar-refractivity contribution in [2.24, 2.45) is 7.05 Å². The van der Waals surface area contributed by atoms with Crippen LogP contribution in [0.4, 0.5) is 0 Å². The number of benzene rings is 1. The summed E-state index contributed by atoms with van der Waals surface area (Å²) in [4.78, 5) is 6.84. The lowest BCUT2D eigenvalue weighted by molar-refractivity contribution is 0.148. The third-order valence-electron chi connectivity index (χ3n) is 4.28. The summed E-state index contributed by atoms with van der Waals surface area (Å²) in [7, 11) is 1.95. The van der Waals surface area contributed by atoms with E-state index in [0.717, 1.165) is 38.4 Å². The highest BCUT2D eigenvalue weighted by Crippen LogP contribution is 2.24. The van der Waals surface area contributed by atoms with Crippen molar-refractivity contribution in [3.63, 3.8) is 0 Å². The van der Waals surface area contributed by atoms with Crippen molar-refractivity contribution in [1.29, 1.82) is 0 Å². The summed E-state index contributed by atoms with van der Waals surface area (Å²) in [5, 5.41) is 7.67. The fourth-order valence-electron chi connectivity index (χ4n) is 2.88. The summed E-state index contributed by atoms with van der Waals surface area (Å²) in [5.74, 6) is 1.02. The van der Waals surface area contributed by atoms with Gasteiger partial charge in [-0.1, -0.05) is 31.2 Å². The predicted octanol–water partition coefficient (Wildman–Crippen LogP) is 1.52. The lowest BCUT2D eigenvalue weighted by atomic mass is 10.0. The third-order valence-corrected chi connectivity index (χ3v) is 4.28. The maximum atomic E-state index is 4.36. The number of aryl methyl sites for hydroxylation is 2. The summed E-state index contributed by atoms with van der Waals surface area (Å²) in [6.07, 6.45) is 2.72. The number of aromatic nitrogens is 3. The van der Waals surface area contributed by atoms with Crippen molar-refractivity contribution < 1.29 is 0 Å². The molecule has 112 valence electrons. The Morgan fingerprint density at radius 1 is 1.29 bits per heavy atom. The maximum Gasteiger partial charge on any atom is 0.140 e. The summed E-state index contributed by atoms with van der Waals surface area (Å²) in [6, 6.07) is 9.41. The van der Waals surface area contributed by atoms with Crippen molar-refractivity contribution in [2.45, 2.75) is 25.9 Å². The van der Waals surface area contributed by atoms with E-state index in [9.17, 15) is 0 Å². The van der Waals surface area contributed by atoms with Gasteiger partial charge in [0.05, 0.1) is 6.54 Å². The Morgan fingerprint density at radius 3 is 2.76 bits per heavy atom. The molecule has 0 saturated carbocycles. The van der Waals surface area contributed by atoms with E-state index in [2.05, 4.69) is 51.5 Å². The molecule has 1 atom stereocenters. The Hall–Kier alpha value is -1.72. The molecule has 5 heteroatoms. The average Bonchev–Trinajstić information content (AvgIpc) is 2.93. The largest absolute Gasteiger partial charge is 0.314 e. The first-order valence-corrected chi connectivity index (χ1v) is 7.64. The second-order valence-electron chi connectivity index (χ2n) is 5.59. The molecule has 0 amide bonds. The number of rotatable bonds is 4. The van der Waals surface area contributed by atoms with Crippen LogP contribution in [0.2, 0.25) is 0 Å². The Kier molecular flexibility index (Phi) is 4.31. The van der Waals surface area contributed by atoms with Crippen LogP contribution < -0.4 is 5.32 Å². The minimum absolute atomic E-state index is 0.404. The summed E-state index contributed by atoms with van der Waals surface area (Å²) in [6.45, 7) is 6.09. The molecule has 0 aliphatic carbocycles. The normalized spacial score (nSPS) is 19.8. The number of nitrogens with one attached hydrogen (secondary N) is 1. The molecule has 1 saturated heterocycles. The van der Waals surface area contributed by atoms with Gasteiger partial charge in [0.1, 0.15) is 12.2 Å². The van der Waals surface area contributed by atoms with Crippen LogP contribution in [-0.2, 0) is 20.0 Å². The van der Waals surface area contributed by atoms with E-state index in [1.165, 1.54) is 11.1 Å². The lowest BCUT2D eigenvalue weighted by Gasteiger charge is -2.36. The number of hydrogen-bond acceptors (Lipinski definition) is 4. The molecular weight excluding hydrogens is 262 g/mol. The van der Waals surface area contributed by atoms with E-state index < -0.39 is 0 Å². The van der Waals surface area contributed by atoms with Crippen molar-refractivity contribution in [3.05, 3.63) is 47.5 Å². The van der Waals surface area contributed by atoms with E-state index in [1.54, 1.807) is 6.33 Å². The zero-order chi connectivity index (χ0) is 14.7. The van der Waals surface area contributed by atoms with Gasteiger partial charge >= 0.3 is 0 Å². The molecule has 1 N–H and O–H groups in total. The molecule has 1 aromatic heterocycles. The molecule has 1 fully saturated rings. The predicted molar refractivity (Wildman–Crippen MR) is 82.8 cm³/mol. The van der Waals surface area contributed by atoms with E-state index in [-0.39, 0.29) is 0 Å². The van der Waals surface area contributed by atoms with Crippen molar-refractivity contribution in [2.75, 3.05) is 19.6 Å². The average molecular weight is 285 g/mol. The van der Waals surface area contributed by atoms with E-state index in [1.807, 2.05) is 11.7 Å². The van der Waals surface area contributed by atoms with Crippen LogP contribution in [0.1, 0.15) is 29.9 Å². The van der Waals surface area contributed by atoms with Crippen molar-refractivity contribution in [1.82, 2.24) is 25.0 Å². The zero-order valence-corrected chi connectivity index (χ0v) is 12.8.